The van der Waals surface area contributed by atoms with Gasteiger partial charge < -0.3 is 20.3 Å². The molecule has 1 amide bonds. The second kappa shape index (κ2) is 4.04. The Morgan fingerprint density at radius 1 is 1.54 bits per heavy atom. The highest BCUT2D eigenvalue weighted by Crippen LogP contribution is 2.18. The quantitative estimate of drug-likeness (QED) is 0.493. The lowest BCUT2D eigenvalue weighted by atomic mass is 10.00. The third-order valence-electron chi connectivity index (χ3n) is 2.11. The molecule has 1 heterocycles. The van der Waals surface area contributed by atoms with Crippen LogP contribution in [0.1, 0.15) is 20.3 Å². The van der Waals surface area contributed by atoms with Crippen LogP contribution in [0.15, 0.2) is 0 Å². The number of hydrogen-bond acceptors (Lipinski definition) is 4. The second-order valence-electron chi connectivity index (χ2n) is 3.33. The standard InChI is InChI=1S/C8H15NO4/c1-4-8(12)6(9-5(2)10)3-7(11)13-4/h4,6-8,11-12H,3H2,1-2H3,(H,9,10)/t4-,6-,7-,8-/m1/s1. The molecular formula is C8H15NO4. The molecule has 1 fully saturated rings. The van der Waals surface area contributed by atoms with Crippen LogP contribution in [0.3, 0.4) is 0 Å². The number of rotatable bonds is 1. The van der Waals surface area contributed by atoms with Crippen LogP contribution in [0.5, 0.6) is 0 Å². The van der Waals surface area contributed by atoms with Crippen molar-refractivity contribution in [3.8, 4) is 0 Å². The first-order valence-corrected chi connectivity index (χ1v) is 4.29. The molecule has 0 bridgehead atoms. The lowest BCUT2D eigenvalue weighted by Gasteiger charge is -2.35. The number of amides is 1. The second-order valence-corrected chi connectivity index (χ2v) is 3.33. The Hall–Kier alpha value is -0.650. The van der Waals surface area contributed by atoms with Crippen LogP contribution in [0, 0.1) is 0 Å². The molecule has 5 nitrogen and oxygen atoms in total. The molecule has 13 heavy (non-hydrogen) atoms. The molecule has 76 valence electrons. The highest BCUT2D eigenvalue weighted by Gasteiger charge is 2.34. The molecule has 5 heteroatoms. The zero-order chi connectivity index (χ0) is 10.0. The number of hydrogen-bond donors (Lipinski definition) is 3. The lowest BCUT2D eigenvalue weighted by molar-refractivity contribution is -0.202. The Balaban J connectivity index is 2.55. The average molecular weight is 189 g/mol. The predicted octanol–water partition coefficient (Wildman–Crippen LogP) is -1.02. The van der Waals surface area contributed by atoms with Crippen molar-refractivity contribution in [3.05, 3.63) is 0 Å². The summed E-state index contributed by atoms with van der Waals surface area (Å²) in [6, 6.07) is -0.420. The van der Waals surface area contributed by atoms with Gasteiger partial charge in [0, 0.05) is 13.3 Å². The van der Waals surface area contributed by atoms with Crippen molar-refractivity contribution in [1.82, 2.24) is 5.32 Å². The first kappa shape index (κ1) is 10.4. The molecule has 0 unspecified atom stereocenters. The van der Waals surface area contributed by atoms with Gasteiger partial charge in [-0.2, -0.15) is 0 Å². The summed E-state index contributed by atoms with van der Waals surface area (Å²) in [4.78, 5) is 10.7. The van der Waals surface area contributed by atoms with Crippen molar-refractivity contribution in [1.29, 1.82) is 0 Å². The molecule has 0 aromatic heterocycles. The van der Waals surface area contributed by atoms with Gasteiger partial charge in [0.15, 0.2) is 6.29 Å². The van der Waals surface area contributed by atoms with Crippen molar-refractivity contribution >= 4 is 5.91 Å². The number of aliphatic hydroxyl groups excluding tert-OH is 2. The summed E-state index contributed by atoms with van der Waals surface area (Å²) in [7, 11) is 0. The largest absolute Gasteiger partial charge is 0.388 e. The number of nitrogens with one attached hydrogen (secondary N) is 1. The maximum atomic E-state index is 10.7. The fourth-order valence-electron chi connectivity index (χ4n) is 1.47. The van der Waals surface area contributed by atoms with Gasteiger partial charge in [-0.1, -0.05) is 0 Å². The number of carbonyl (C=O) groups excluding carboxylic acids is 1. The van der Waals surface area contributed by atoms with Gasteiger partial charge in [0.2, 0.25) is 5.91 Å². The van der Waals surface area contributed by atoms with Gasteiger partial charge in [-0.3, -0.25) is 4.79 Å². The van der Waals surface area contributed by atoms with Gasteiger partial charge in [0.25, 0.3) is 0 Å². The maximum absolute atomic E-state index is 10.7. The van der Waals surface area contributed by atoms with Crippen LogP contribution in [0.2, 0.25) is 0 Å². The average Bonchev–Trinajstić information content (AvgIpc) is 1.98. The Morgan fingerprint density at radius 3 is 2.69 bits per heavy atom. The molecular weight excluding hydrogens is 174 g/mol. The minimum absolute atomic E-state index is 0.217. The fraction of sp³-hybridized carbons (Fsp3) is 0.875. The molecule has 0 aromatic carbocycles. The SMILES string of the molecule is CC(=O)N[C@@H]1C[C@H](O)O[C@H](C)[C@H]1O. The van der Waals surface area contributed by atoms with E-state index in [1.807, 2.05) is 0 Å². The Kier molecular flexibility index (Phi) is 3.24. The van der Waals surface area contributed by atoms with E-state index in [1.54, 1.807) is 6.92 Å². The molecule has 1 rings (SSSR count). The van der Waals surface area contributed by atoms with Gasteiger partial charge in [0.05, 0.1) is 12.1 Å². The van der Waals surface area contributed by atoms with Crippen molar-refractivity contribution in [3.63, 3.8) is 0 Å². The smallest absolute Gasteiger partial charge is 0.217 e. The van der Waals surface area contributed by atoms with Gasteiger partial charge in [0.1, 0.15) is 6.10 Å². The molecule has 0 spiro atoms. The highest BCUT2D eigenvalue weighted by molar-refractivity contribution is 5.73. The predicted molar refractivity (Wildman–Crippen MR) is 44.8 cm³/mol. The summed E-state index contributed by atoms with van der Waals surface area (Å²) in [6.45, 7) is 3.03. The van der Waals surface area contributed by atoms with Gasteiger partial charge >= 0.3 is 0 Å². The van der Waals surface area contributed by atoms with Crippen LogP contribution in [-0.4, -0.2) is 40.7 Å². The third kappa shape index (κ3) is 2.65. The van der Waals surface area contributed by atoms with Crippen molar-refractivity contribution in [2.75, 3.05) is 0 Å². The van der Waals surface area contributed by atoms with Crippen molar-refractivity contribution < 1.29 is 19.7 Å². The van der Waals surface area contributed by atoms with E-state index in [4.69, 9.17) is 4.74 Å². The van der Waals surface area contributed by atoms with Gasteiger partial charge in [-0.15, -0.1) is 0 Å². The van der Waals surface area contributed by atoms with E-state index in [0.29, 0.717) is 0 Å². The Morgan fingerprint density at radius 2 is 2.15 bits per heavy atom. The first-order valence-electron chi connectivity index (χ1n) is 4.29. The van der Waals surface area contributed by atoms with E-state index in [-0.39, 0.29) is 12.3 Å². The minimum atomic E-state index is -0.907. The maximum Gasteiger partial charge on any atom is 0.217 e. The molecule has 1 aliphatic heterocycles. The topological polar surface area (TPSA) is 78.8 Å². The highest BCUT2D eigenvalue weighted by atomic mass is 16.6. The van der Waals surface area contributed by atoms with Gasteiger partial charge in [-0.05, 0) is 6.92 Å². The zero-order valence-corrected chi connectivity index (χ0v) is 7.73. The molecule has 1 saturated heterocycles. The summed E-state index contributed by atoms with van der Waals surface area (Å²) in [6.07, 6.45) is -1.89. The van der Waals surface area contributed by atoms with Gasteiger partial charge in [-0.25, -0.2) is 0 Å². The number of aliphatic hydroxyl groups is 2. The van der Waals surface area contributed by atoms with Crippen molar-refractivity contribution in [2.24, 2.45) is 0 Å². The molecule has 0 saturated carbocycles. The number of ether oxygens (including phenoxy) is 1. The fourth-order valence-corrected chi connectivity index (χ4v) is 1.47. The summed E-state index contributed by atoms with van der Waals surface area (Å²) < 4.78 is 4.96. The van der Waals surface area contributed by atoms with E-state index in [0.717, 1.165) is 0 Å². The zero-order valence-electron chi connectivity index (χ0n) is 7.73. The molecule has 3 N–H and O–H groups in total. The van der Waals surface area contributed by atoms with Crippen LogP contribution < -0.4 is 5.32 Å². The summed E-state index contributed by atoms with van der Waals surface area (Å²) in [5.74, 6) is -0.217. The Labute approximate surface area is 76.7 Å². The van der Waals surface area contributed by atoms with Crippen LogP contribution in [0.25, 0.3) is 0 Å². The lowest BCUT2D eigenvalue weighted by Crippen LogP contribution is -2.54. The summed E-state index contributed by atoms with van der Waals surface area (Å²) >= 11 is 0. The van der Waals surface area contributed by atoms with E-state index >= 15 is 0 Å². The summed E-state index contributed by atoms with van der Waals surface area (Å²) in [5, 5.41) is 21.3. The molecule has 0 aliphatic carbocycles. The molecule has 0 radical (unpaired) electrons. The summed E-state index contributed by atoms with van der Waals surface area (Å²) in [5.41, 5.74) is 0. The first-order chi connectivity index (χ1) is 6.00. The van der Waals surface area contributed by atoms with E-state index in [9.17, 15) is 15.0 Å². The van der Waals surface area contributed by atoms with Crippen LogP contribution >= 0.6 is 0 Å². The molecule has 4 atom stereocenters. The Bertz CT molecular complexity index is 197. The van der Waals surface area contributed by atoms with Crippen LogP contribution in [0.4, 0.5) is 0 Å². The molecule has 0 aromatic rings. The van der Waals surface area contributed by atoms with E-state index in [2.05, 4.69) is 5.32 Å². The monoisotopic (exact) mass is 189 g/mol. The molecule has 1 aliphatic rings. The van der Waals surface area contributed by atoms with Crippen molar-refractivity contribution in [2.45, 2.75) is 44.8 Å². The van der Waals surface area contributed by atoms with Crippen LogP contribution in [-0.2, 0) is 9.53 Å². The third-order valence-corrected chi connectivity index (χ3v) is 2.11. The van der Waals surface area contributed by atoms with E-state index < -0.39 is 24.5 Å². The number of carbonyl (C=O) groups is 1. The van der Waals surface area contributed by atoms with E-state index in [1.165, 1.54) is 6.92 Å². The minimum Gasteiger partial charge on any atom is -0.388 e. The normalized spacial score (nSPS) is 40.0.